The molecule has 1 aliphatic carbocycles. The van der Waals surface area contributed by atoms with Crippen LogP contribution in [0.25, 0.3) is 0 Å². The molecule has 0 saturated heterocycles. The summed E-state index contributed by atoms with van der Waals surface area (Å²) in [4.78, 5) is 15.9. The highest BCUT2D eigenvalue weighted by Gasteiger charge is 2.28. The molecule has 2 aromatic rings. The van der Waals surface area contributed by atoms with Gasteiger partial charge in [0.25, 0.3) is 0 Å². The summed E-state index contributed by atoms with van der Waals surface area (Å²) in [6.07, 6.45) is 3.70. The molecule has 0 fully saturated rings. The lowest BCUT2D eigenvalue weighted by Crippen LogP contribution is -2.08. The molecule has 0 spiro atoms. The van der Waals surface area contributed by atoms with E-state index in [1.54, 1.807) is 12.3 Å². The van der Waals surface area contributed by atoms with E-state index < -0.39 is 5.97 Å². The van der Waals surface area contributed by atoms with Gasteiger partial charge in [-0.3, -0.25) is 4.98 Å². The molecule has 3 heteroatoms. The Kier molecular flexibility index (Phi) is 2.82. The minimum atomic E-state index is -0.858. The maximum Gasteiger partial charge on any atom is 0.335 e. The number of carboxylic acid groups (broad SMARTS) is 1. The second-order valence-electron chi connectivity index (χ2n) is 5.03. The highest BCUT2D eigenvalue weighted by atomic mass is 16.4. The van der Waals surface area contributed by atoms with Crippen molar-refractivity contribution in [2.45, 2.75) is 25.7 Å². The van der Waals surface area contributed by atoms with Gasteiger partial charge in [-0.15, -0.1) is 0 Å². The van der Waals surface area contributed by atoms with E-state index in [0.29, 0.717) is 5.56 Å². The lowest BCUT2D eigenvalue weighted by molar-refractivity contribution is 0.0695. The van der Waals surface area contributed by atoms with Gasteiger partial charge in [0.2, 0.25) is 0 Å². The number of rotatable bonds is 2. The Bertz CT molecular complexity index is 649. The lowest BCUT2D eigenvalue weighted by atomic mass is 9.91. The summed E-state index contributed by atoms with van der Waals surface area (Å²) in [5, 5.41) is 9.38. The van der Waals surface area contributed by atoms with Gasteiger partial charge in [-0.1, -0.05) is 23.8 Å². The van der Waals surface area contributed by atoms with Crippen LogP contribution in [0.3, 0.4) is 0 Å². The number of pyridine rings is 1. The topological polar surface area (TPSA) is 50.2 Å². The van der Waals surface area contributed by atoms with Crippen LogP contribution in [-0.4, -0.2) is 16.1 Å². The third kappa shape index (κ3) is 2.01. The number of hydrogen-bond donors (Lipinski definition) is 1. The number of aromatic nitrogens is 1. The number of carboxylic acids is 1. The zero-order valence-electron chi connectivity index (χ0n) is 10.8. The first-order valence-electron chi connectivity index (χ1n) is 6.44. The number of aryl methyl sites for hydroxylation is 2. The first-order chi connectivity index (χ1) is 9.16. The van der Waals surface area contributed by atoms with E-state index in [0.717, 1.165) is 29.7 Å². The van der Waals surface area contributed by atoms with Gasteiger partial charge in [0.15, 0.2) is 0 Å². The normalized spacial score (nSPS) is 17.2. The predicted molar refractivity (Wildman–Crippen MR) is 72.5 cm³/mol. The monoisotopic (exact) mass is 253 g/mol. The molecule has 1 heterocycles. The second-order valence-corrected chi connectivity index (χ2v) is 5.03. The molecule has 1 atom stereocenters. The van der Waals surface area contributed by atoms with Crippen molar-refractivity contribution >= 4 is 5.97 Å². The third-order valence-electron chi connectivity index (χ3n) is 3.77. The van der Waals surface area contributed by atoms with Crippen LogP contribution < -0.4 is 0 Å². The van der Waals surface area contributed by atoms with Crippen molar-refractivity contribution in [2.24, 2.45) is 0 Å². The molecule has 1 aromatic heterocycles. The van der Waals surface area contributed by atoms with E-state index in [1.807, 2.05) is 25.1 Å². The minimum absolute atomic E-state index is 0.114. The molecule has 1 unspecified atom stereocenters. The molecule has 3 rings (SSSR count). The van der Waals surface area contributed by atoms with Gasteiger partial charge >= 0.3 is 5.97 Å². The average molecular weight is 253 g/mol. The minimum Gasteiger partial charge on any atom is -0.478 e. The Morgan fingerprint density at radius 3 is 3.00 bits per heavy atom. The molecule has 96 valence electrons. The standard InChI is InChI=1S/C16H15NO2/c1-10-4-6-12(14(9-10)16(18)19)13-7-5-11-3-2-8-17-15(11)13/h2-4,6,8-9,13H,5,7H2,1H3,(H,18,19). The second kappa shape index (κ2) is 4.50. The van der Waals surface area contributed by atoms with Gasteiger partial charge in [0, 0.05) is 12.1 Å². The SMILES string of the molecule is Cc1ccc(C2CCc3cccnc32)c(C(=O)O)c1. The van der Waals surface area contributed by atoms with Crippen molar-refractivity contribution in [1.29, 1.82) is 0 Å². The number of nitrogens with zero attached hydrogens (tertiary/aromatic N) is 1. The Hall–Kier alpha value is -2.16. The van der Waals surface area contributed by atoms with Crippen LogP contribution in [0.5, 0.6) is 0 Å². The van der Waals surface area contributed by atoms with Gasteiger partial charge in [-0.25, -0.2) is 4.79 Å². The van der Waals surface area contributed by atoms with Crippen LogP contribution in [-0.2, 0) is 6.42 Å². The van der Waals surface area contributed by atoms with Gasteiger partial charge in [-0.2, -0.15) is 0 Å². The number of carbonyl (C=O) groups is 1. The summed E-state index contributed by atoms with van der Waals surface area (Å²) in [5.41, 5.74) is 4.54. The fraction of sp³-hybridized carbons (Fsp3) is 0.250. The molecule has 1 aromatic carbocycles. The zero-order valence-corrected chi connectivity index (χ0v) is 10.8. The Morgan fingerprint density at radius 1 is 1.37 bits per heavy atom. The molecular formula is C16H15NO2. The summed E-state index contributed by atoms with van der Waals surface area (Å²) >= 11 is 0. The van der Waals surface area contributed by atoms with E-state index in [1.165, 1.54) is 5.56 Å². The summed E-state index contributed by atoms with van der Waals surface area (Å²) in [7, 11) is 0. The van der Waals surface area contributed by atoms with Crippen LogP contribution in [0, 0.1) is 6.92 Å². The molecule has 1 N–H and O–H groups in total. The number of fused-ring (bicyclic) bond motifs is 1. The van der Waals surface area contributed by atoms with Crippen LogP contribution in [0.1, 0.15) is 45.1 Å². The summed E-state index contributed by atoms with van der Waals surface area (Å²) in [5.74, 6) is -0.744. The van der Waals surface area contributed by atoms with Crippen LogP contribution in [0.4, 0.5) is 0 Å². The van der Waals surface area contributed by atoms with Crippen LogP contribution >= 0.6 is 0 Å². The average Bonchev–Trinajstić information content (AvgIpc) is 2.82. The van der Waals surface area contributed by atoms with E-state index in [9.17, 15) is 9.90 Å². The van der Waals surface area contributed by atoms with Crippen molar-refractivity contribution in [1.82, 2.24) is 4.98 Å². The fourth-order valence-corrected chi connectivity index (χ4v) is 2.87. The van der Waals surface area contributed by atoms with Crippen molar-refractivity contribution in [3.05, 3.63) is 64.5 Å². The van der Waals surface area contributed by atoms with E-state index in [4.69, 9.17) is 0 Å². The number of benzene rings is 1. The molecule has 3 nitrogen and oxygen atoms in total. The van der Waals surface area contributed by atoms with E-state index in [-0.39, 0.29) is 5.92 Å². The van der Waals surface area contributed by atoms with E-state index >= 15 is 0 Å². The summed E-state index contributed by atoms with van der Waals surface area (Å²) < 4.78 is 0. The van der Waals surface area contributed by atoms with Crippen LogP contribution in [0.15, 0.2) is 36.5 Å². The van der Waals surface area contributed by atoms with Gasteiger partial charge in [0.05, 0.1) is 11.3 Å². The highest BCUT2D eigenvalue weighted by molar-refractivity contribution is 5.90. The predicted octanol–water partition coefficient (Wildman–Crippen LogP) is 3.17. The zero-order chi connectivity index (χ0) is 13.4. The first kappa shape index (κ1) is 11.9. The van der Waals surface area contributed by atoms with Gasteiger partial charge in [0.1, 0.15) is 0 Å². The van der Waals surface area contributed by atoms with Crippen molar-refractivity contribution in [3.63, 3.8) is 0 Å². The molecule has 19 heavy (non-hydrogen) atoms. The number of aromatic carboxylic acids is 1. The Labute approximate surface area is 111 Å². The first-order valence-corrected chi connectivity index (χ1v) is 6.44. The quantitative estimate of drug-likeness (QED) is 0.894. The number of hydrogen-bond acceptors (Lipinski definition) is 2. The molecule has 0 radical (unpaired) electrons. The highest BCUT2D eigenvalue weighted by Crippen LogP contribution is 2.38. The van der Waals surface area contributed by atoms with E-state index in [2.05, 4.69) is 11.1 Å². The third-order valence-corrected chi connectivity index (χ3v) is 3.77. The van der Waals surface area contributed by atoms with Crippen LogP contribution in [0.2, 0.25) is 0 Å². The molecule has 1 aliphatic rings. The molecule has 0 amide bonds. The van der Waals surface area contributed by atoms with Crippen molar-refractivity contribution < 1.29 is 9.90 Å². The fourth-order valence-electron chi connectivity index (χ4n) is 2.87. The van der Waals surface area contributed by atoms with Crippen molar-refractivity contribution in [2.75, 3.05) is 0 Å². The molecular weight excluding hydrogens is 238 g/mol. The van der Waals surface area contributed by atoms with Crippen molar-refractivity contribution in [3.8, 4) is 0 Å². The summed E-state index contributed by atoms with van der Waals surface area (Å²) in [6.45, 7) is 1.91. The smallest absolute Gasteiger partial charge is 0.335 e. The van der Waals surface area contributed by atoms with Gasteiger partial charge in [-0.05, 0) is 43.0 Å². The largest absolute Gasteiger partial charge is 0.478 e. The van der Waals surface area contributed by atoms with Gasteiger partial charge < -0.3 is 5.11 Å². The maximum atomic E-state index is 11.4. The Balaban J connectivity index is 2.12. The lowest BCUT2D eigenvalue weighted by Gasteiger charge is -2.14. The summed E-state index contributed by atoms with van der Waals surface area (Å²) in [6, 6.07) is 9.68. The molecule has 0 bridgehead atoms. The Morgan fingerprint density at radius 2 is 2.21 bits per heavy atom. The molecule has 0 saturated carbocycles. The molecule has 0 aliphatic heterocycles. The maximum absolute atomic E-state index is 11.4.